The largest absolute Gasteiger partial charge is 0.481 e. The Kier molecular flexibility index (Phi) is 4.93. The maximum Gasteiger partial charge on any atom is 0.307 e. The van der Waals surface area contributed by atoms with Crippen molar-refractivity contribution in [2.75, 3.05) is 26.3 Å². The van der Waals surface area contributed by atoms with Gasteiger partial charge in [-0.3, -0.25) is 9.59 Å². The molecule has 1 aliphatic heterocycles. The molecule has 1 aromatic rings. The zero-order valence-corrected chi connectivity index (χ0v) is 11.4. The van der Waals surface area contributed by atoms with E-state index >= 15 is 0 Å². The van der Waals surface area contributed by atoms with Crippen LogP contribution >= 0.6 is 11.3 Å². The van der Waals surface area contributed by atoms with Gasteiger partial charge in [0.05, 0.1) is 19.1 Å². The fraction of sp³-hybridized carbons (Fsp3) is 0.538. The fourth-order valence-corrected chi connectivity index (χ4v) is 2.86. The molecule has 1 N–H and O–H groups in total. The molecule has 1 fully saturated rings. The molecule has 1 aliphatic rings. The van der Waals surface area contributed by atoms with Crippen LogP contribution in [0.25, 0.3) is 0 Å². The van der Waals surface area contributed by atoms with E-state index in [0.717, 1.165) is 4.88 Å². The molecule has 0 radical (unpaired) electrons. The first-order valence-corrected chi connectivity index (χ1v) is 7.15. The van der Waals surface area contributed by atoms with E-state index in [4.69, 9.17) is 4.74 Å². The van der Waals surface area contributed by atoms with Gasteiger partial charge in [0.25, 0.3) is 0 Å². The maximum atomic E-state index is 12.1. The average molecular weight is 283 g/mol. The summed E-state index contributed by atoms with van der Waals surface area (Å²) in [6, 6.07) is 3.79. The first-order chi connectivity index (χ1) is 9.16. The molecule has 0 bridgehead atoms. The molecule has 2 heterocycles. The number of amides is 1. The predicted molar refractivity (Wildman–Crippen MR) is 71.2 cm³/mol. The van der Waals surface area contributed by atoms with Crippen LogP contribution in [0.4, 0.5) is 0 Å². The Bertz CT molecular complexity index is 426. The van der Waals surface area contributed by atoms with Crippen molar-refractivity contribution in [1.29, 1.82) is 0 Å². The quantitative estimate of drug-likeness (QED) is 0.883. The Balaban J connectivity index is 1.92. The predicted octanol–water partition coefficient (Wildman–Crippen LogP) is 1.24. The van der Waals surface area contributed by atoms with E-state index in [0.29, 0.717) is 32.7 Å². The second-order valence-electron chi connectivity index (χ2n) is 4.52. The number of hydrogen-bond acceptors (Lipinski definition) is 4. The molecule has 5 nitrogen and oxygen atoms in total. The summed E-state index contributed by atoms with van der Waals surface area (Å²) < 4.78 is 5.18. The van der Waals surface area contributed by atoms with Crippen molar-refractivity contribution in [3.05, 3.63) is 22.4 Å². The Morgan fingerprint density at radius 1 is 1.42 bits per heavy atom. The van der Waals surface area contributed by atoms with E-state index in [1.165, 1.54) is 11.3 Å². The van der Waals surface area contributed by atoms with Crippen LogP contribution in [-0.2, 0) is 20.7 Å². The Hall–Kier alpha value is -1.40. The highest BCUT2D eigenvalue weighted by Crippen LogP contribution is 2.18. The number of morpholine rings is 1. The molecule has 2 rings (SSSR count). The normalized spacial score (nSPS) is 17.2. The lowest BCUT2D eigenvalue weighted by molar-refractivity contribution is -0.147. The summed E-state index contributed by atoms with van der Waals surface area (Å²) in [5, 5.41) is 11.1. The van der Waals surface area contributed by atoms with Gasteiger partial charge in [-0.15, -0.1) is 11.3 Å². The molecule has 1 saturated heterocycles. The summed E-state index contributed by atoms with van der Waals surface area (Å²) in [6.45, 7) is 2.19. The van der Waals surface area contributed by atoms with Gasteiger partial charge in [0.15, 0.2) is 0 Å². The van der Waals surface area contributed by atoms with Crippen molar-refractivity contribution in [2.24, 2.45) is 5.92 Å². The van der Waals surface area contributed by atoms with E-state index in [-0.39, 0.29) is 12.3 Å². The molecule has 0 saturated carbocycles. The molecule has 1 amide bonds. The van der Waals surface area contributed by atoms with Crippen LogP contribution in [0.3, 0.4) is 0 Å². The topological polar surface area (TPSA) is 66.8 Å². The Morgan fingerprint density at radius 3 is 2.74 bits per heavy atom. The van der Waals surface area contributed by atoms with Crippen LogP contribution in [0.2, 0.25) is 0 Å². The van der Waals surface area contributed by atoms with E-state index in [1.54, 1.807) is 4.90 Å². The lowest BCUT2D eigenvalue weighted by Gasteiger charge is -2.27. The molecule has 104 valence electrons. The third-order valence-electron chi connectivity index (χ3n) is 3.16. The number of carbonyl (C=O) groups excluding carboxylic acids is 1. The standard InChI is InChI=1S/C13H17NO4S/c15-12(14-3-5-18-6-4-14)9-10(13(16)17)8-11-2-1-7-19-11/h1-2,7,10H,3-6,8-9H2,(H,16,17). The van der Waals surface area contributed by atoms with E-state index in [1.807, 2.05) is 17.5 Å². The molecule has 19 heavy (non-hydrogen) atoms. The summed E-state index contributed by atoms with van der Waals surface area (Å²) in [5.41, 5.74) is 0. The smallest absolute Gasteiger partial charge is 0.307 e. The van der Waals surface area contributed by atoms with Gasteiger partial charge < -0.3 is 14.7 Å². The van der Waals surface area contributed by atoms with Crippen molar-refractivity contribution in [2.45, 2.75) is 12.8 Å². The summed E-state index contributed by atoms with van der Waals surface area (Å²) in [5.74, 6) is -1.64. The zero-order chi connectivity index (χ0) is 13.7. The molecule has 6 heteroatoms. The third-order valence-corrected chi connectivity index (χ3v) is 4.06. The number of carboxylic acids is 1. The van der Waals surface area contributed by atoms with E-state index < -0.39 is 11.9 Å². The monoisotopic (exact) mass is 283 g/mol. The molecule has 1 atom stereocenters. The summed E-state index contributed by atoms with van der Waals surface area (Å²) in [6.07, 6.45) is 0.482. The van der Waals surface area contributed by atoms with Gasteiger partial charge in [0.2, 0.25) is 5.91 Å². The van der Waals surface area contributed by atoms with Crippen LogP contribution in [0.1, 0.15) is 11.3 Å². The van der Waals surface area contributed by atoms with Gasteiger partial charge in [-0.1, -0.05) is 6.07 Å². The summed E-state index contributed by atoms with van der Waals surface area (Å²) in [4.78, 5) is 26.0. The second-order valence-corrected chi connectivity index (χ2v) is 5.55. The van der Waals surface area contributed by atoms with E-state index in [9.17, 15) is 14.7 Å². The first-order valence-electron chi connectivity index (χ1n) is 6.27. The SMILES string of the molecule is O=C(O)C(CC(=O)N1CCOCC1)Cc1cccs1. The number of rotatable bonds is 5. The van der Waals surface area contributed by atoms with Crippen LogP contribution in [0, 0.1) is 5.92 Å². The van der Waals surface area contributed by atoms with Gasteiger partial charge in [-0.2, -0.15) is 0 Å². The number of aliphatic carboxylic acids is 1. The summed E-state index contributed by atoms with van der Waals surface area (Å²) >= 11 is 1.52. The van der Waals surface area contributed by atoms with Gasteiger partial charge >= 0.3 is 5.97 Å². The minimum absolute atomic E-state index is 0.0627. The number of ether oxygens (including phenoxy) is 1. The lowest BCUT2D eigenvalue weighted by Crippen LogP contribution is -2.42. The van der Waals surface area contributed by atoms with Crippen molar-refractivity contribution in [3.8, 4) is 0 Å². The summed E-state index contributed by atoms with van der Waals surface area (Å²) in [7, 11) is 0. The van der Waals surface area contributed by atoms with Crippen LogP contribution < -0.4 is 0 Å². The minimum Gasteiger partial charge on any atom is -0.481 e. The van der Waals surface area contributed by atoms with Gasteiger partial charge in [0, 0.05) is 24.4 Å². The lowest BCUT2D eigenvalue weighted by atomic mass is 10.00. The highest BCUT2D eigenvalue weighted by atomic mass is 32.1. The van der Waals surface area contributed by atoms with Gasteiger partial charge in [-0.25, -0.2) is 0 Å². The highest BCUT2D eigenvalue weighted by molar-refractivity contribution is 7.09. The zero-order valence-electron chi connectivity index (χ0n) is 10.6. The van der Waals surface area contributed by atoms with Gasteiger partial charge in [0.1, 0.15) is 0 Å². The minimum atomic E-state index is -0.907. The Morgan fingerprint density at radius 2 is 2.16 bits per heavy atom. The number of carboxylic acid groups (broad SMARTS) is 1. The van der Waals surface area contributed by atoms with Crippen molar-refractivity contribution >= 4 is 23.2 Å². The highest BCUT2D eigenvalue weighted by Gasteiger charge is 2.25. The van der Waals surface area contributed by atoms with Crippen molar-refractivity contribution in [3.63, 3.8) is 0 Å². The van der Waals surface area contributed by atoms with Crippen molar-refractivity contribution < 1.29 is 19.4 Å². The number of nitrogens with zero attached hydrogens (tertiary/aromatic N) is 1. The number of hydrogen-bond donors (Lipinski definition) is 1. The van der Waals surface area contributed by atoms with Crippen LogP contribution in [0.5, 0.6) is 0 Å². The Labute approximate surface area is 115 Å². The molecular weight excluding hydrogens is 266 g/mol. The van der Waals surface area contributed by atoms with Crippen LogP contribution in [0.15, 0.2) is 17.5 Å². The third kappa shape index (κ3) is 4.04. The molecule has 1 aromatic heterocycles. The van der Waals surface area contributed by atoms with Crippen LogP contribution in [-0.4, -0.2) is 48.2 Å². The molecule has 0 aromatic carbocycles. The number of carbonyl (C=O) groups is 2. The van der Waals surface area contributed by atoms with Gasteiger partial charge in [-0.05, 0) is 17.9 Å². The maximum absolute atomic E-state index is 12.1. The van der Waals surface area contributed by atoms with Crippen molar-refractivity contribution in [1.82, 2.24) is 4.90 Å². The molecule has 1 unspecified atom stereocenters. The first kappa shape index (κ1) is 14.0. The molecule has 0 aliphatic carbocycles. The number of thiophene rings is 1. The molecule has 0 spiro atoms. The fourth-order valence-electron chi connectivity index (χ4n) is 2.07. The van der Waals surface area contributed by atoms with E-state index in [2.05, 4.69) is 0 Å². The average Bonchev–Trinajstić information content (AvgIpc) is 2.91. The molecular formula is C13H17NO4S. The second kappa shape index (κ2) is 6.68.